The molecule has 0 fully saturated rings. The molecule has 0 bridgehead atoms. The van der Waals surface area contributed by atoms with Crippen LogP contribution in [-0.2, 0) is 6.42 Å². The minimum Gasteiger partial charge on any atom is -0.207 e. The molecule has 34 heavy (non-hydrogen) atoms. The molecule has 0 heterocycles. The van der Waals surface area contributed by atoms with Crippen LogP contribution in [0.25, 0.3) is 48.9 Å². The van der Waals surface area contributed by atoms with E-state index in [0.717, 1.165) is 18.2 Å². The van der Waals surface area contributed by atoms with Gasteiger partial charge in [0.1, 0.15) is 5.83 Å². The Morgan fingerprint density at radius 2 is 1.18 bits per heavy atom. The first-order chi connectivity index (χ1) is 16.4. The molecule has 0 N–H and O–H groups in total. The molecule has 0 nitrogen and oxygen atoms in total. The van der Waals surface area contributed by atoms with Crippen molar-refractivity contribution in [2.75, 3.05) is 0 Å². The first kappa shape index (κ1) is 24.2. The monoisotopic (exact) mass is 452 g/mol. The van der Waals surface area contributed by atoms with E-state index < -0.39 is 0 Å². The molecular formula is C33H37F. The summed E-state index contributed by atoms with van der Waals surface area (Å²) in [5.41, 5.74) is 2.11. The second kappa shape index (κ2) is 10.1. The molecule has 0 saturated heterocycles. The zero-order valence-corrected chi connectivity index (χ0v) is 21.5. The number of allylic oxidation sites excluding steroid dienone is 1. The molecule has 0 aromatic heterocycles. The van der Waals surface area contributed by atoms with Crippen molar-refractivity contribution in [1.29, 1.82) is 0 Å². The Kier molecular flexibility index (Phi) is 7.22. The van der Waals surface area contributed by atoms with Gasteiger partial charge >= 0.3 is 0 Å². The first-order valence-electron chi connectivity index (χ1n) is 12.8. The molecule has 0 amide bonds. The number of fused-ring (bicyclic) bond motifs is 2. The standard InChI is InChI=1S/C30H29F.C3H8/c1-18(2)11-16-28(31)22-14-15-27-24-9-5-7-21-20(17-19(3)4)12-13-26(29(21)24)25-10-6-8-23(22)30(25)27;1-3-2/h5-10,12-16,18-19H,11,17H2,1-4H3;3H2,1-2H3/b28-16-;. The maximum atomic E-state index is 15.2. The van der Waals surface area contributed by atoms with E-state index in [9.17, 15) is 0 Å². The molecule has 0 spiro atoms. The van der Waals surface area contributed by atoms with E-state index in [-0.39, 0.29) is 5.83 Å². The lowest BCUT2D eigenvalue weighted by Gasteiger charge is -2.18. The first-order valence-corrected chi connectivity index (χ1v) is 12.8. The Morgan fingerprint density at radius 1 is 0.676 bits per heavy atom. The van der Waals surface area contributed by atoms with Gasteiger partial charge in [-0.25, -0.2) is 4.39 Å². The number of hydrogen-bond acceptors (Lipinski definition) is 0. The third kappa shape index (κ3) is 4.41. The molecule has 1 heteroatoms. The Morgan fingerprint density at radius 3 is 1.76 bits per heavy atom. The fourth-order valence-electron chi connectivity index (χ4n) is 5.05. The minimum absolute atomic E-state index is 0.117. The van der Waals surface area contributed by atoms with Crippen LogP contribution in [-0.4, -0.2) is 0 Å². The summed E-state index contributed by atoms with van der Waals surface area (Å²) in [4.78, 5) is 0. The van der Waals surface area contributed by atoms with Crippen molar-refractivity contribution in [2.45, 2.75) is 60.8 Å². The van der Waals surface area contributed by atoms with Gasteiger partial charge in [0.15, 0.2) is 0 Å². The van der Waals surface area contributed by atoms with Gasteiger partial charge in [0.05, 0.1) is 0 Å². The lowest BCUT2D eigenvalue weighted by molar-refractivity contribution is 0.650. The summed E-state index contributed by atoms with van der Waals surface area (Å²) >= 11 is 0. The summed E-state index contributed by atoms with van der Waals surface area (Å²) < 4.78 is 15.2. The van der Waals surface area contributed by atoms with Crippen molar-refractivity contribution < 1.29 is 4.39 Å². The SMILES string of the molecule is CC(C)C/C=C(\F)c1ccc2c3cccc4c(CC(C)C)ccc(c5cccc1c52)c43.CCC. The van der Waals surface area contributed by atoms with Crippen molar-refractivity contribution in [3.05, 3.63) is 77.9 Å². The molecular weight excluding hydrogens is 415 g/mol. The zero-order valence-electron chi connectivity index (χ0n) is 21.5. The van der Waals surface area contributed by atoms with Crippen molar-refractivity contribution >= 4 is 48.9 Å². The summed E-state index contributed by atoms with van der Waals surface area (Å²) in [5.74, 6) is 0.934. The molecule has 0 atom stereocenters. The molecule has 0 radical (unpaired) electrons. The van der Waals surface area contributed by atoms with Crippen molar-refractivity contribution in [1.82, 2.24) is 0 Å². The lowest BCUT2D eigenvalue weighted by atomic mass is 9.86. The van der Waals surface area contributed by atoms with Crippen LogP contribution in [0.1, 0.15) is 65.5 Å². The van der Waals surface area contributed by atoms with Gasteiger partial charge in [-0.2, -0.15) is 0 Å². The van der Waals surface area contributed by atoms with E-state index in [1.165, 1.54) is 49.7 Å². The highest BCUT2D eigenvalue weighted by molar-refractivity contribution is 6.33. The molecule has 0 aliphatic carbocycles. The molecule has 5 rings (SSSR count). The third-order valence-corrected chi connectivity index (χ3v) is 6.41. The molecule has 0 aliphatic heterocycles. The molecule has 0 unspecified atom stereocenters. The van der Waals surface area contributed by atoms with Gasteiger partial charge < -0.3 is 0 Å². The molecule has 0 aliphatic rings. The Balaban J connectivity index is 0.000000868. The van der Waals surface area contributed by atoms with Crippen LogP contribution in [0, 0.1) is 11.8 Å². The van der Waals surface area contributed by atoms with Crippen LogP contribution in [0.2, 0.25) is 0 Å². The second-order valence-electron chi connectivity index (χ2n) is 10.4. The topological polar surface area (TPSA) is 0 Å². The van der Waals surface area contributed by atoms with Gasteiger partial charge in [0, 0.05) is 5.56 Å². The lowest BCUT2D eigenvalue weighted by Crippen LogP contribution is -1.96. The van der Waals surface area contributed by atoms with E-state index in [0.29, 0.717) is 17.4 Å². The minimum atomic E-state index is -0.117. The smallest absolute Gasteiger partial charge is 0.127 e. The van der Waals surface area contributed by atoms with E-state index in [2.05, 4.69) is 96.1 Å². The van der Waals surface area contributed by atoms with Gasteiger partial charge in [-0.3, -0.25) is 0 Å². The van der Waals surface area contributed by atoms with Crippen LogP contribution in [0.3, 0.4) is 0 Å². The molecule has 5 aromatic carbocycles. The summed E-state index contributed by atoms with van der Waals surface area (Å²) in [7, 11) is 0. The van der Waals surface area contributed by atoms with Crippen LogP contribution in [0.4, 0.5) is 4.39 Å². The fourth-order valence-corrected chi connectivity index (χ4v) is 5.05. The van der Waals surface area contributed by atoms with Crippen LogP contribution < -0.4 is 0 Å². The summed E-state index contributed by atoms with van der Waals surface area (Å²) in [6.45, 7) is 13.0. The summed E-state index contributed by atoms with van der Waals surface area (Å²) in [6, 6.07) is 21.6. The Hall–Kier alpha value is -2.93. The predicted molar refractivity (Wildman–Crippen MR) is 151 cm³/mol. The fraction of sp³-hybridized carbons (Fsp3) is 0.333. The number of hydrogen-bond donors (Lipinski definition) is 0. The van der Waals surface area contributed by atoms with E-state index >= 15 is 4.39 Å². The van der Waals surface area contributed by atoms with Crippen molar-refractivity contribution in [2.24, 2.45) is 11.8 Å². The van der Waals surface area contributed by atoms with E-state index in [4.69, 9.17) is 0 Å². The maximum Gasteiger partial charge on any atom is 0.127 e. The molecule has 5 aromatic rings. The molecule has 0 saturated carbocycles. The highest BCUT2D eigenvalue weighted by Crippen LogP contribution is 2.43. The van der Waals surface area contributed by atoms with Crippen LogP contribution in [0.5, 0.6) is 0 Å². The van der Waals surface area contributed by atoms with Crippen molar-refractivity contribution in [3.8, 4) is 0 Å². The second-order valence-corrected chi connectivity index (χ2v) is 10.4. The number of rotatable bonds is 5. The largest absolute Gasteiger partial charge is 0.207 e. The number of halogens is 1. The average molecular weight is 453 g/mol. The van der Waals surface area contributed by atoms with Crippen LogP contribution >= 0.6 is 0 Å². The highest BCUT2D eigenvalue weighted by Gasteiger charge is 2.17. The highest BCUT2D eigenvalue weighted by atomic mass is 19.1. The van der Waals surface area contributed by atoms with Gasteiger partial charge in [0.2, 0.25) is 0 Å². The van der Waals surface area contributed by atoms with E-state index in [1.807, 2.05) is 6.07 Å². The summed E-state index contributed by atoms with van der Waals surface area (Å²) in [6.07, 6.45) is 4.81. The normalized spacial score (nSPS) is 12.4. The van der Waals surface area contributed by atoms with Crippen molar-refractivity contribution in [3.63, 3.8) is 0 Å². The maximum absolute atomic E-state index is 15.2. The predicted octanol–water partition coefficient (Wildman–Crippen LogP) is 10.7. The zero-order chi connectivity index (χ0) is 24.4. The quantitative estimate of drug-likeness (QED) is 0.184. The molecule has 176 valence electrons. The average Bonchev–Trinajstić information content (AvgIpc) is 2.81. The van der Waals surface area contributed by atoms with Gasteiger partial charge in [-0.15, -0.1) is 0 Å². The number of benzene rings is 5. The Labute approximate surface area is 203 Å². The van der Waals surface area contributed by atoms with Gasteiger partial charge in [-0.05, 0) is 79.4 Å². The van der Waals surface area contributed by atoms with Gasteiger partial charge in [-0.1, -0.05) is 109 Å². The van der Waals surface area contributed by atoms with Crippen LogP contribution in [0.15, 0.2) is 66.7 Å². The Bertz CT molecular complexity index is 1430. The van der Waals surface area contributed by atoms with Gasteiger partial charge in [0.25, 0.3) is 0 Å². The van der Waals surface area contributed by atoms with E-state index in [1.54, 1.807) is 6.08 Å². The summed E-state index contributed by atoms with van der Waals surface area (Å²) in [5, 5.41) is 9.81. The third-order valence-electron chi connectivity index (χ3n) is 6.41.